The van der Waals surface area contributed by atoms with Gasteiger partial charge in [-0.2, -0.15) is 0 Å². The Kier molecular flexibility index (Phi) is 5.57. The largest absolute Gasteiger partial charge is 0.295 e. The molecule has 1 heterocycles. The summed E-state index contributed by atoms with van der Waals surface area (Å²) in [4.78, 5) is 30.9. The number of amidine groups is 1. The molecule has 0 aliphatic carbocycles. The molecule has 1 aliphatic rings. The molecule has 4 nitrogen and oxygen atoms in total. The van der Waals surface area contributed by atoms with Crippen molar-refractivity contribution in [3.8, 4) is 0 Å². The number of benzene rings is 2. The summed E-state index contributed by atoms with van der Waals surface area (Å²) in [6.45, 7) is 6.21. The molecule has 1 saturated heterocycles. The van der Waals surface area contributed by atoms with Crippen molar-refractivity contribution in [2.24, 2.45) is 4.99 Å². The van der Waals surface area contributed by atoms with Crippen LogP contribution in [-0.2, 0) is 0 Å². The highest BCUT2D eigenvalue weighted by molar-refractivity contribution is 8.13. The standard InChI is InChI=1S/C21H22N2O2S/c1-14-11-15(2)13-18(12-14)20(25)23-9-4-10-26-21(23)22-19-7-5-17(6-8-19)16(3)24/h5-8,11-13H,4,9-10H2,1-3H3. The Labute approximate surface area is 158 Å². The molecule has 0 radical (unpaired) electrons. The van der Waals surface area contributed by atoms with Crippen molar-refractivity contribution in [2.45, 2.75) is 27.2 Å². The average molecular weight is 366 g/mol. The Bertz CT molecular complexity index is 852. The molecule has 2 aromatic carbocycles. The molecule has 0 saturated carbocycles. The number of thioether (sulfide) groups is 1. The molecule has 1 fully saturated rings. The molecule has 1 amide bonds. The normalized spacial score (nSPS) is 16.0. The van der Waals surface area contributed by atoms with Crippen molar-refractivity contribution in [3.63, 3.8) is 0 Å². The topological polar surface area (TPSA) is 49.7 Å². The highest BCUT2D eigenvalue weighted by Crippen LogP contribution is 2.25. The van der Waals surface area contributed by atoms with Gasteiger partial charge in [-0.25, -0.2) is 4.99 Å². The summed E-state index contributed by atoms with van der Waals surface area (Å²) < 4.78 is 0. The second kappa shape index (κ2) is 7.87. The summed E-state index contributed by atoms with van der Waals surface area (Å²) in [5.41, 5.74) is 4.27. The zero-order chi connectivity index (χ0) is 18.7. The molecule has 0 unspecified atom stereocenters. The first-order valence-corrected chi connectivity index (χ1v) is 9.65. The van der Waals surface area contributed by atoms with Crippen LogP contribution < -0.4 is 0 Å². The minimum atomic E-state index is -0.0110. The van der Waals surface area contributed by atoms with Crippen molar-refractivity contribution < 1.29 is 9.59 Å². The van der Waals surface area contributed by atoms with Gasteiger partial charge in [-0.1, -0.05) is 29.0 Å². The van der Waals surface area contributed by atoms with Crippen LogP contribution in [-0.4, -0.2) is 34.1 Å². The van der Waals surface area contributed by atoms with Crippen molar-refractivity contribution in [1.29, 1.82) is 0 Å². The van der Waals surface area contributed by atoms with Crippen LogP contribution in [0, 0.1) is 13.8 Å². The number of nitrogens with zero attached hydrogens (tertiary/aromatic N) is 2. The summed E-state index contributed by atoms with van der Waals surface area (Å²) in [5, 5.41) is 0.719. The van der Waals surface area contributed by atoms with Crippen LogP contribution in [0.3, 0.4) is 0 Å². The van der Waals surface area contributed by atoms with Crippen molar-refractivity contribution in [2.75, 3.05) is 12.3 Å². The van der Waals surface area contributed by atoms with E-state index in [0.717, 1.165) is 34.2 Å². The van der Waals surface area contributed by atoms with E-state index in [1.54, 1.807) is 35.7 Å². The van der Waals surface area contributed by atoms with Crippen LogP contribution in [0.15, 0.2) is 47.5 Å². The number of carbonyl (C=O) groups excluding carboxylic acids is 2. The van der Waals surface area contributed by atoms with Crippen LogP contribution in [0.2, 0.25) is 0 Å². The smallest absolute Gasteiger partial charge is 0.259 e. The third-order valence-electron chi connectivity index (χ3n) is 4.20. The fraction of sp³-hybridized carbons (Fsp3) is 0.286. The van der Waals surface area contributed by atoms with Gasteiger partial charge in [-0.05, 0) is 63.6 Å². The number of rotatable bonds is 3. The van der Waals surface area contributed by atoms with Gasteiger partial charge in [-0.15, -0.1) is 0 Å². The van der Waals surface area contributed by atoms with E-state index in [4.69, 9.17) is 0 Å². The van der Waals surface area contributed by atoms with E-state index in [0.29, 0.717) is 17.7 Å². The second-order valence-electron chi connectivity index (χ2n) is 6.53. The molecule has 2 aromatic rings. The summed E-state index contributed by atoms with van der Waals surface area (Å²) >= 11 is 1.60. The van der Waals surface area contributed by atoms with Gasteiger partial charge < -0.3 is 0 Å². The number of amides is 1. The molecule has 0 spiro atoms. The van der Waals surface area contributed by atoms with E-state index in [2.05, 4.69) is 11.1 Å². The van der Waals surface area contributed by atoms with E-state index in [-0.39, 0.29) is 11.7 Å². The van der Waals surface area contributed by atoms with E-state index in [1.165, 1.54) is 0 Å². The number of aliphatic imine (C=N–C) groups is 1. The van der Waals surface area contributed by atoms with Crippen LogP contribution in [0.5, 0.6) is 0 Å². The molecule has 0 bridgehead atoms. The maximum absolute atomic E-state index is 13.0. The summed E-state index contributed by atoms with van der Waals surface area (Å²) in [6.07, 6.45) is 0.948. The fourth-order valence-electron chi connectivity index (χ4n) is 2.98. The van der Waals surface area contributed by atoms with Gasteiger partial charge in [0, 0.05) is 23.4 Å². The Morgan fingerprint density at radius 3 is 2.27 bits per heavy atom. The lowest BCUT2D eigenvalue weighted by atomic mass is 10.1. The molecule has 26 heavy (non-hydrogen) atoms. The molecule has 0 atom stereocenters. The van der Waals surface area contributed by atoms with Gasteiger partial charge in [0.2, 0.25) is 0 Å². The molecule has 5 heteroatoms. The van der Waals surface area contributed by atoms with Crippen LogP contribution in [0.4, 0.5) is 5.69 Å². The van der Waals surface area contributed by atoms with Gasteiger partial charge in [0.1, 0.15) is 0 Å². The summed E-state index contributed by atoms with van der Waals surface area (Å²) in [7, 11) is 0. The molecule has 134 valence electrons. The zero-order valence-corrected chi connectivity index (χ0v) is 16.1. The highest BCUT2D eigenvalue weighted by Gasteiger charge is 2.25. The Morgan fingerprint density at radius 2 is 1.65 bits per heavy atom. The Balaban J connectivity index is 1.89. The molecular weight excluding hydrogens is 344 g/mol. The van der Waals surface area contributed by atoms with Crippen LogP contribution in [0.25, 0.3) is 0 Å². The molecule has 1 aliphatic heterocycles. The SMILES string of the molecule is CC(=O)c1ccc(N=C2SCCCN2C(=O)c2cc(C)cc(C)c2)cc1. The first-order chi connectivity index (χ1) is 12.4. The van der Waals surface area contributed by atoms with Crippen LogP contribution >= 0.6 is 11.8 Å². The van der Waals surface area contributed by atoms with Gasteiger partial charge >= 0.3 is 0 Å². The predicted molar refractivity (Wildman–Crippen MR) is 108 cm³/mol. The van der Waals surface area contributed by atoms with Gasteiger partial charge in [0.05, 0.1) is 5.69 Å². The molecule has 3 rings (SSSR count). The summed E-state index contributed by atoms with van der Waals surface area (Å²) in [5.74, 6) is 0.965. The monoisotopic (exact) mass is 366 g/mol. The van der Waals surface area contributed by atoms with E-state index in [1.807, 2.05) is 38.1 Å². The predicted octanol–water partition coefficient (Wildman–Crippen LogP) is 4.77. The number of ketones is 1. The lowest BCUT2D eigenvalue weighted by Crippen LogP contribution is -2.39. The Hall–Kier alpha value is -2.40. The van der Waals surface area contributed by atoms with E-state index in [9.17, 15) is 9.59 Å². The van der Waals surface area contributed by atoms with Gasteiger partial charge in [0.15, 0.2) is 11.0 Å². The third-order valence-corrected chi connectivity index (χ3v) is 5.26. The van der Waals surface area contributed by atoms with Crippen LogP contribution in [0.1, 0.15) is 45.2 Å². The number of carbonyl (C=O) groups is 2. The van der Waals surface area contributed by atoms with E-state index >= 15 is 0 Å². The molecular formula is C21H22N2O2S. The first-order valence-electron chi connectivity index (χ1n) is 8.67. The minimum absolute atomic E-state index is 0.0110. The lowest BCUT2D eigenvalue weighted by Gasteiger charge is -2.28. The Morgan fingerprint density at radius 1 is 1.00 bits per heavy atom. The molecule has 0 aromatic heterocycles. The molecule has 0 N–H and O–H groups in total. The number of aryl methyl sites for hydroxylation is 2. The third kappa shape index (κ3) is 4.22. The van der Waals surface area contributed by atoms with Gasteiger partial charge in [0.25, 0.3) is 5.91 Å². The maximum Gasteiger partial charge on any atom is 0.259 e. The lowest BCUT2D eigenvalue weighted by molar-refractivity contribution is 0.0848. The first kappa shape index (κ1) is 18.4. The maximum atomic E-state index is 13.0. The van der Waals surface area contributed by atoms with Gasteiger partial charge in [-0.3, -0.25) is 14.5 Å². The number of Topliss-reactive ketones (excluding diaryl/α,β-unsaturated/α-hetero) is 1. The zero-order valence-electron chi connectivity index (χ0n) is 15.3. The van der Waals surface area contributed by atoms with Crippen molar-refractivity contribution in [3.05, 3.63) is 64.7 Å². The quantitative estimate of drug-likeness (QED) is 0.735. The van der Waals surface area contributed by atoms with Crippen molar-refractivity contribution in [1.82, 2.24) is 4.90 Å². The van der Waals surface area contributed by atoms with E-state index < -0.39 is 0 Å². The fourth-order valence-corrected chi connectivity index (χ4v) is 3.93. The highest BCUT2D eigenvalue weighted by atomic mass is 32.2. The number of hydrogen-bond donors (Lipinski definition) is 0. The minimum Gasteiger partial charge on any atom is -0.295 e. The average Bonchev–Trinajstić information content (AvgIpc) is 2.61. The summed E-state index contributed by atoms with van der Waals surface area (Å²) in [6, 6.07) is 13.1. The number of hydrogen-bond acceptors (Lipinski definition) is 4. The van der Waals surface area contributed by atoms with Crippen molar-refractivity contribution >= 4 is 34.3 Å². The second-order valence-corrected chi connectivity index (χ2v) is 7.59.